The van der Waals surface area contributed by atoms with Crippen molar-refractivity contribution in [2.24, 2.45) is 4.99 Å². The summed E-state index contributed by atoms with van der Waals surface area (Å²) in [5.41, 5.74) is 0.936. The SMILES string of the molecule is CN=C(NCCCN1CCCCCC1)NCc1cccc(S(=O)(=O)N2CCCCC2)c1. The molecule has 2 saturated heterocycles. The van der Waals surface area contributed by atoms with Gasteiger partial charge in [-0.2, -0.15) is 4.31 Å². The van der Waals surface area contributed by atoms with Crippen molar-refractivity contribution in [2.75, 3.05) is 46.3 Å². The fraction of sp³-hybridized carbons (Fsp3) is 0.696. The predicted octanol–water partition coefficient (Wildman–Crippen LogP) is 2.79. The molecule has 174 valence electrons. The first-order chi connectivity index (χ1) is 15.1. The Bertz CT molecular complexity index is 798. The van der Waals surface area contributed by atoms with Gasteiger partial charge in [0.15, 0.2) is 5.96 Å². The zero-order chi connectivity index (χ0) is 21.9. The van der Waals surface area contributed by atoms with E-state index in [4.69, 9.17) is 0 Å². The van der Waals surface area contributed by atoms with E-state index in [-0.39, 0.29) is 0 Å². The fourth-order valence-electron chi connectivity index (χ4n) is 4.35. The van der Waals surface area contributed by atoms with E-state index in [1.54, 1.807) is 23.5 Å². The van der Waals surface area contributed by atoms with Crippen LogP contribution in [0.2, 0.25) is 0 Å². The molecule has 2 aliphatic heterocycles. The summed E-state index contributed by atoms with van der Waals surface area (Å²) in [5, 5.41) is 6.69. The molecule has 0 atom stereocenters. The summed E-state index contributed by atoms with van der Waals surface area (Å²) in [5.74, 6) is 0.750. The third kappa shape index (κ3) is 7.47. The number of nitrogens with zero attached hydrogens (tertiary/aromatic N) is 3. The van der Waals surface area contributed by atoms with E-state index in [0.29, 0.717) is 24.5 Å². The lowest BCUT2D eigenvalue weighted by molar-refractivity contribution is 0.282. The topological polar surface area (TPSA) is 77.0 Å². The average molecular weight is 450 g/mol. The quantitative estimate of drug-likeness (QED) is 0.363. The highest BCUT2D eigenvalue weighted by atomic mass is 32.2. The van der Waals surface area contributed by atoms with Crippen LogP contribution in [0.3, 0.4) is 0 Å². The van der Waals surface area contributed by atoms with Gasteiger partial charge in [-0.25, -0.2) is 8.42 Å². The van der Waals surface area contributed by atoms with Gasteiger partial charge in [0.1, 0.15) is 0 Å². The molecule has 0 spiro atoms. The Balaban J connectivity index is 1.45. The molecular formula is C23H39N5O2S. The van der Waals surface area contributed by atoms with Crippen molar-refractivity contribution in [1.82, 2.24) is 19.8 Å². The number of hydrogen-bond acceptors (Lipinski definition) is 4. The van der Waals surface area contributed by atoms with Crippen LogP contribution in [0.1, 0.15) is 56.9 Å². The zero-order valence-corrected chi connectivity index (χ0v) is 19.8. The molecule has 1 aromatic rings. The fourth-order valence-corrected chi connectivity index (χ4v) is 5.93. The van der Waals surface area contributed by atoms with Gasteiger partial charge in [-0.1, -0.05) is 31.4 Å². The van der Waals surface area contributed by atoms with Crippen LogP contribution in [0.5, 0.6) is 0 Å². The third-order valence-electron chi connectivity index (χ3n) is 6.18. The van der Waals surface area contributed by atoms with Crippen molar-refractivity contribution in [3.8, 4) is 0 Å². The lowest BCUT2D eigenvalue weighted by Gasteiger charge is -2.26. The Morgan fingerprint density at radius 3 is 2.35 bits per heavy atom. The molecule has 2 N–H and O–H groups in total. The molecule has 2 fully saturated rings. The Morgan fingerprint density at radius 1 is 0.968 bits per heavy atom. The molecular weight excluding hydrogens is 410 g/mol. The van der Waals surface area contributed by atoms with Crippen molar-refractivity contribution >= 4 is 16.0 Å². The van der Waals surface area contributed by atoms with Crippen LogP contribution in [0, 0.1) is 0 Å². The average Bonchev–Trinajstić information content (AvgIpc) is 3.08. The second kappa shape index (κ2) is 12.4. The predicted molar refractivity (Wildman–Crippen MR) is 127 cm³/mol. The van der Waals surface area contributed by atoms with E-state index in [0.717, 1.165) is 50.3 Å². The molecule has 7 nitrogen and oxygen atoms in total. The third-order valence-corrected chi connectivity index (χ3v) is 8.07. The van der Waals surface area contributed by atoms with Gasteiger partial charge >= 0.3 is 0 Å². The molecule has 0 aliphatic carbocycles. The van der Waals surface area contributed by atoms with E-state index in [1.165, 1.54) is 38.8 Å². The summed E-state index contributed by atoms with van der Waals surface area (Å²) in [6.07, 6.45) is 9.47. The number of benzene rings is 1. The van der Waals surface area contributed by atoms with Gasteiger partial charge in [0.2, 0.25) is 10.0 Å². The number of sulfonamides is 1. The van der Waals surface area contributed by atoms with Crippen LogP contribution in [0.15, 0.2) is 34.2 Å². The maximum atomic E-state index is 12.9. The van der Waals surface area contributed by atoms with Crippen molar-refractivity contribution < 1.29 is 8.42 Å². The first-order valence-corrected chi connectivity index (χ1v) is 13.3. The number of piperidine rings is 1. The Hall–Kier alpha value is -1.64. The first kappa shape index (κ1) is 24.0. The van der Waals surface area contributed by atoms with E-state index < -0.39 is 10.0 Å². The van der Waals surface area contributed by atoms with Gasteiger partial charge < -0.3 is 15.5 Å². The van der Waals surface area contributed by atoms with Crippen LogP contribution in [0.4, 0.5) is 0 Å². The van der Waals surface area contributed by atoms with Gasteiger partial charge in [-0.05, 0) is 69.4 Å². The Morgan fingerprint density at radius 2 is 1.65 bits per heavy atom. The standard InChI is InChI=1S/C23H39N5O2S/c1-24-23(25-13-10-16-27-14-5-2-3-6-15-27)26-20-21-11-9-12-22(19-21)31(29,30)28-17-7-4-8-18-28/h9,11-12,19H,2-8,10,13-18,20H2,1H3,(H2,24,25,26). The number of hydrogen-bond donors (Lipinski definition) is 2. The number of guanidine groups is 1. The first-order valence-electron chi connectivity index (χ1n) is 11.9. The smallest absolute Gasteiger partial charge is 0.243 e. The number of aliphatic imine (C=N–C) groups is 1. The minimum Gasteiger partial charge on any atom is -0.356 e. The molecule has 0 aromatic heterocycles. The van der Waals surface area contributed by atoms with Gasteiger partial charge in [-0.15, -0.1) is 0 Å². The molecule has 0 unspecified atom stereocenters. The molecule has 2 heterocycles. The maximum Gasteiger partial charge on any atom is 0.243 e. The summed E-state index contributed by atoms with van der Waals surface area (Å²) in [6, 6.07) is 7.26. The monoisotopic (exact) mass is 449 g/mol. The van der Waals surface area contributed by atoms with Gasteiger partial charge in [0.25, 0.3) is 0 Å². The largest absolute Gasteiger partial charge is 0.356 e. The summed E-state index contributed by atoms with van der Waals surface area (Å²) in [6.45, 7) is 6.24. The number of nitrogens with one attached hydrogen (secondary N) is 2. The van der Waals surface area contributed by atoms with Crippen molar-refractivity contribution in [1.29, 1.82) is 0 Å². The molecule has 2 aliphatic rings. The summed E-state index contributed by atoms with van der Waals surface area (Å²) in [7, 11) is -1.64. The Kier molecular flexibility index (Phi) is 9.61. The zero-order valence-electron chi connectivity index (χ0n) is 19.0. The number of likely N-dealkylation sites (tertiary alicyclic amines) is 1. The second-order valence-electron chi connectivity index (χ2n) is 8.57. The van der Waals surface area contributed by atoms with Crippen LogP contribution in [-0.2, 0) is 16.6 Å². The van der Waals surface area contributed by atoms with Crippen LogP contribution in [0.25, 0.3) is 0 Å². The molecule has 0 bridgehead atoms. The van der Waals surface area contributed by atoms with Gasteiger partial charge in [-0.3, -0.25) is 4.99 Å². The maximum absolute atomic E-state index is 12.9. The van der Waals surface area contributed by atoms with E-state index in [2.05, 4.69) is 20.5 Å². The van der Waals surface area contributed by atoms with E-state index in [9.17, 15) is 8.42 Å². The molecule has 3 rings (SSSR count). The summed E-state index contributed by atoms with van der Waals surface area (Å²) >= 11 is 0. The molecule has 0 radical (unpaired) electrons. The van der Waals surface area contributed by atoms with Crippen molar-refractivity contribution in [3.63, 3.8) is 0 Å². The number of rotatable bonds is 8. The van der Waals surface area contributed by atoms with Crippen molar-refractivity contribution in [3.05, 3.63) is 29.8 Å². The summed E-state index contributed by atoms with van der Waals surface area (Å²) in [4.78, 5) is 7.25. The highest BCUT2D eigenvalue weighted by molar-refractivity contribution is 7.89. The molecule has 1 aromatic carbocycles. The normalized spacial score (nSPS) is 19.7. The molecule has 8 heteroatoms. The highest BCUT2D eigenvalue weighted by Gasteiger charge is 2.25. The molecule has 0 saturated carbocycles. The van der Waals surface area contributed by atoms with Crippen LogP contribution in [-0.4, -0.2) is 69.9 Å². The van der Waals surface area contributed by atoms with E-state index in [1.807, 2.05) is 12.1 Å². The highest BCUT2D eigenvalue weighted by Crippen LogP contribution is 2.21. The second-order valence-corrected chi connectivity index (χ2v) is 10.5. The summed E-state index contributed by atoms with van der Waals surface area (Å²) < 4.78 is 27.5. The van der Waals surface area contributed by atoms with Crippen LogP contribution >= 0.6 is 0 Å². The minimum atomic E-state index is -3.40. The van der Waals surface area contributed by atoms with Gasteiger partial charge in [0.05, 0.1) is 4.90 Å². The van der Waals surface area contributed by atoms with Crippen LogP contribution < -0.4 is 10.6 Å². The Labute approximate surface area is 188 Å². The lowest BCUT2D eigenvalue weighted by Crippen LogP contribution is -2.38. The lowest BCUT2D eigenvalue weighted by atomic mass is 10.2. The van der Waals surface area contributed by atoms with Gasteiger partial charge in [0, 0.05) is 33.2 Å². The molecule has 31 heavy (non-hydrogen) atoms. The minimum absolute atomic E-state index is 0.383. The van der Waals surface area contributed by atoms with Crippen molar-refractivity contribution in [2.45, 2.75) is 62.8 Å². The molecule has 0 amide bonds. The van der Waals surface area contributed by atoms with E-state index >= 15 is 0 Å².